The molecule has 1 fully saturated rings. The van der Waals surface area contributed by atoms with E-state index in [2.05, 4.69) is 22.5 Å². The summed E-state index contributed by atoms with van der Waals surface area (Å²) in [4.78, 5) is 81.2. The van der Waals surface area contributed by atoms with Crippen molar-refractivity contribution in [3.8, 4) is 0 Å². The fourth-order valence-electron chi connectivity index (χ4n) is 5.76. The number of benzene rings is 1. The summed E-state index contributed by atoms with van der Waals surface area (Å²) in [6.45, 7) is 20.2. The van der Waals surface area contributed by atoms with E-state index in [-0.39, 0.29) is 37.6 Å². The number of hydrogen-bond donors (Lipinski definition) is 3. The first-order valence-electron chi connectivity index (χ1n) is 16.7. The number of nitrogens with zero attached hydrogens (tertiary/aromatic N) is 1. The van der Waals surface area contributed by atoms with Crippen molar-refractivity contribution in [2.45, 2.75) is 118 Å². The number of Topliss-reactive ketones (excluding diaryl/α,β-unsaturated/α-hetero) is 2. The molecule has 0 aliphatic carbocycles. The van der Waals surface area contributed by atoms with Crippen LogP contribution in [0.25, 0.3) is 0 Å². The van der Waals surface area contributed by atoms with E-state index in [0.717, 1.165) is 5.56 Å². The molecule has 0 aromatic heterocycles. The number of amides is 4. The molecule has 4 amide bonds. The van der Waals surface area contributed by atoms with Gasteiger partial charge in [-0.2, -0.15) is 0 Å². The number of carbonyl (C=O) groups is 6. The van der Waals surface area contributed by atoms with Gasteiger partial charge in [0.05, 0.1) is 12.6 Å². The molecule has 11 heteroatoms. The SMILES string of the molecule is C=CCCC(NC(=O)C1C(C(C)(C)C)CCN1C(=O)[C@@H](NC(=O)OC(C)(C)C)C(C)(C)C)C(=O)C(=O)NCC(=O)CCc1ccccc1. The van der Waals surface area contributed by atoms with Crippen molar-refractivity contribution in [1.29, 1.82) is 0 Å². The highest BCUT2D eigenvalue weighted by molar-refractivity contribution is 6.38. The number of likely N-dealkylation sites (tertiary alicyclic amines) is 1. The van der Waals surface area contributed by atoms with Crippen molar-refractivity contribution >= 4 is 35.4 Å². The molecular weight excluding hydrogens is 612 g/mol. The predicted octanol–water partition coefficient (Wildman–Crippen LogP) is 4.53. The number of allylic oxidation sites excluding steroid dienone is 1. The number of ether oxygens (including phenoxy) is 1. The van der Waals surface area contributed by atoms with Gasteiger partial charge in [0.15, 0.2) is 5.78 Å². The summed E-state index contributed by atoms with van der Waals surface area (Å²) in [5.41, 5.74) is -0.917. The van der Waals surface area contributed by atoms with Gasteiger partial charge >= 0.3 is 6.09 Å². The lowest BCUT2D eigenvalue weighted by Crippen LogP contribution is -2.60. The fraction of sp³-hybridized carbons (Fsp3) is 0.622. The molecule has 0 radical (unpaired) electrons. The van der Waals surface area contributed by atoms with E-state index in [1.54, 1.807) is 26.8 Å². The van der Waals surface area contributed by atoms with E-state index in [4.69, 9.17) is 4.74 Å². The van der Waals surface area contributed by atoms with E-state index in [9.17, 15) is 28.8 Å². The Morgan fingerprint density at radius 1 is 0.958 bits per heavy atom. The van der Waals surface area contributed by atoms with Crippen LogP contribution in [0.1, 0.15) is 93.6 Å². The Labute approximate surface area is 286 Å². The highest BCUT2D eigenvalue weighted by Crippen LogP contribution is 2.40. The zero-order valence-electron chi connectivity index (χ0n) is 30.2. The lowest BCUT2D eigenvalue weighted by atomic mass is 9.75. The van der Waals surface area contributed by atoms with Gasteiger partial charge in [-0.15, -0.1) is 6.58 Å². The zero-order valence-corrected chi connectivity index (χ0v) is 30.2. The third-order valence-electron chi connectivity index (χ3n) is 8.33. The highest BCUT2D eigenvalue weighted by atomic mass is 16.6. The molecular formula is C37H56N4O7. The van der Waals surface area contributed by atoms with Crippen molar-refractivity contribution in [2.75, 3.05) is 13.1 Å². The molecule has 0 saturated carbocycles. The maximum Gasteiger partial charge on any atom is 0.408 e. The minimum Gasteiger partial charge on any atom is -0.444 e. The minimum absolute atomic E-state index is 0.106. The molecule has 1 aromatic carbocycles. The average molecular weight is 669 g/mol. The van der Waals surface area contributed by atoms with Crippen LogP contribution < -0.4 is 16.0 Å². The molecule has 1 saturated heterocycles. The van der Waals surface area contributed by atoms with Gasteiger partial charge in [-0.1, -0.05) is 78.0 Å². The summed E-state index contributed by atoms with van der Waals surface area (Å²) in [5, 5.41) is 7.89. The molecule has 11 nitrogen and oxygen atoms in total. The molecule has 1 heterocycles. The molecule has 1 aliphatic heterocycles. The third kappa shape index (κ3) is 12.2. The van der Waals surface area contributed by atoms with Gasteiger partial charge < -0.3 is 25.6 Å². The second-order valence-corrected chi connectivity index (χ2v) is 15.7. The minimum atomic E-state index is -1.20. The first-order chi connectivity index (χ1) is 22.2. The van der Waals surface area contributed by atoms with Crippen LogP contribution in [0, 0.1) is 16.7 Å². The lowest BCUT2D eigenvalue weighted by molar-refractivity contribution is -0.145. The molecule has 0 spiro atoms. The average Bonchev–Trinajstić information content (AvgIpc) is 3.44. The summed E-state index contributed by atoms with van der Waals surface area (Å²) in [6.07, 6.45) is 2.51. The first kappa shape index (κ1) is 40.2. The standard InChI is InChI=1S/C37H56N4O7/c1-11-12-18-27(29(43)32(45)38-23-25(42)20-19-24-16-14-13-15-17-24)39-31(44)28-26(35(2,3)4)21-22-41(28)33(46)30(36(5,6)7)40-34(47)48-37(8,9)10/h11,13-17,26-28,30H,1,12,18-23H2,2-10H3,(H,38,45)(H,39,44)(H,40,47)/t26?,27?,28?,30-/m1/s1. The second kappa shape index (κ2) is 16.9. The molecule has 48 heavy (non-hydrogen) atoms. The zero-order chi connectivity index (χ0) is 36.4. The first-order valence-corrected chi connectivity index (χ1v) is 16.7. The number of ketones is 2. The number of alkyl carbamates (subject to hydrolysis) is 1. The molecule has 2 rings (SSSR count). The summed E-state index contributed by atoms with van der Waals surface area (Å²) >= 11 is 0. The van der Waals surface area contributed by atoms with Gasteiger partial charge in [-0.05, 0) is 68.8 Å². The van der Waals surface area contributed by atoms with Gasteiger partial charge in [0.2, 0.25) is 17.6 Å². The Kier molecular flexibility index (Phi) is 14.1. The largest absolute Gasteiger partial charge is 0.444 e. The van der Waals surface area contributed by atoms with Crippen LogP contribution in [0.2, 0.25) is 0 Å². The molecule has 266 valence electrons. The number of aryl methyl sites for hydroxylation is 1. The molecule has 1 aliphatic rings. The lowest BCUT2D eigenvalue weighted by Gasteiger charge is -2.38. The predicted molar refractivity (Wildman–Crippen MR) is 185 cm³/mol. The van der Waals surface area contributed by atoms with Crippen molar-refractivity contribution in [3.63, 3.8) is 0 Å². The van der Waals surface area contributed by atoms with Crippen LogP contribution in [0.5, 0.6) is 0 Å². The normalized spacial score (nSPS) is 17.9. The number of rotatable bonds is 14. The molecule has 3 unspecified atom stereocenters. The fourth-order valence-corrected chi connectivity index (χ4v) is 5.76. The Bertz CT molecular complexity index is 1320. The van der Waals surface area contributed by atoms with Crippen LogP contribution in [0.4, 0.5) is 4.79 Å². The van der Waals surface area contributed by atoms with Crippen molar-refractivity contribution in [1.82, 2.24) is 20.9 Å². The molecule has 3 N–H and O–H groups in total. The topological polar surface area (TPSA) is 151 Å². The van der Waals surface area contributed by atoms with Crippen LogP contribution >= 0.6 is 0 Å². The number of carbonyl (C=O) groups excluding carboxylic acids is 6. The summed E-state index contributed by atoms with van der Waals surface area (Å²) in [6, 6.07) is 6.29. The van der Waals surface area contributed by atoms with E-state index in [1.807, 2.05) is 71.9 Å². The van der Waals surface area contributed by atoms with Crippen LogP contribution in [0.15, 0.2) is 43.0 Å². The van der Waals surface area contributed by atoms with Gasteiger partial charge in [0.1, 0.15) is 17.7 Å². The Hall–Kier alpha value is -4.02. The van der Waals surface area contributed by atoms with Gasteiger partial charge in [0.25, 0.3) is 5.91 Å². The van der Waals surface area contributed by atoms with Crippen LogP contribution in [-0.2, 0) is 35.1 Å². The summed E-state index contributed by atoms with van der Waals surface area (Å²) < 4.78 is 5.43. The maximum atomic E-state index is 14.2. The molecule has 1 aromatic rings. The molecule has 4 atom stereocenters. The second-order valence-electron chi connectivity index (χ2n) is 15.7. The van der Waals surface area contributed by atoms with Gasteiger partial charge in [-0.3, -0.25) is 24.0 Å². The molecule has 0 bridgehead atoms. The van der Waals surface area contributed by atoms with Crippen LogP contribution in [-0.4, -0.2) is 77.1 Å². The highest BCUT2D eigenvalue weighted by Gasteiger charge is 2.50. The van der Waals surface area contributed by atoms with E-state index >= 15 is 0 Å². The van der Waals surface area contributed by atoms with E-state index in [0.29, 0.717) is 19.3 Å². The Morgan fingerprint density at radius 3 is 2.12 bits per heavy atom. The number of nitrogens with one attached hydrogen (secondary N) is 3. The van der Waals surface area contributed by atoms with Crippen LogP contribution in [0.3, 0.4) is 0 Å². The smallest absolute Gasteiger partial charge is 0.408 e. The van der Waals surface area contributed by atoms with Crippen molar-refractivity contribution in [2.24, 2.45) is 16.7 Å². The summed E-state index contributed by atoms with van der Waals surface area (Å²) in [5.74, 6) is -3.38. The van der Waals surface area contributed by atoms with E-state index < -0.39 is 64.2 Å². The Morgan fingerprint density at radius 2 is 1.58 bits per heavy atom. The number of hydrogen-bond acceptors (Lipinski definition) is 7. The quantitative estimate of drug-likeness (QED) is 0.195. The third-order valence-corrected chi connectivity index (χ3v) is 8.33. The van der Waals surface area contributed by atoms with Crippen molar-refractivity contribution < 1.29 is 33.5 Å². The van der Waals surface area contributed by atoms with Gasteiger partial charge in [0, 0.05) is 13.0 Å². The van der Waals surface area contributed by atoms with Crippen molar-refractivity contribution in [3.05, 3.63) is 48.6 Å². The Balaban J connectivity index is 2.25. The monoisotopic (exact) mass is 668 g/mol. The van der Waals surface area contributed by atoms with Gasteiger partial charge in [-0.25, -0.2) is 4.79 Å². The summed E-state index contributed by atoms with van der Waals surface area (Å²) in [7, 11) is 0. The maximum absolute atomic E-state index is 14.2. The van der Waals surface area contributed by atoms with E-state index in [1.165, 1.54) is 4.90 Å².